The van der Waals surface area contributed by atoms with Crippen molar-refractivity contribution in [1.82, 2.24) is 5.32 Å². The number of aryl methyl sites for hydroxylation is 2. The fraction of sp³-hybridized carbons (Fsp3) is 0.115. The Balaban J connectivity index is 1.59. The third kappa shape index (κ3) is 4.98. The highest BCUT2D eigenvalue weighted by molar-refractivity contribution is 6.39. The van der Waals surface area contributed by atoms with E-state index >= 15 is 0 Å². The molecule has 0 saturated carbocycles. The van der Waals surface area contributed by atoms with E-state index in [1.165, 1.54) is 6.08 Å². The first-order valence-corrected chi connectivity index (χ1v) is 11.1. The number of hydrogen-bond acceptors (Lipinski definition) is 4. The fourth-order valence-electron chi connectivity index (χ4n) is 3.52. The zero-order valence-electron chi connectivity index (χ0n) is 18.4. The van der Waals surface area contributed by atoms with Crippen LogP contribution in [-0.4, -0.2) is 17.8 Å². The molecule has 0 bridgehead atoms. The minimum absolute atomic E-state index is 0.177. The number of carbonyl (C=O) groups is 3. The van der Waals surface area contributed by atoms with E-state index in [2.05, 4.69) is 5.32 Å². The number of hydrogen-bond donors (Lipinski definition) is 1. The van der Waals surface area contributed by atoms with Gasteiger partial charge in [-0.3, -0.25) is 14.9 Å². The summed E-state index contributed by atoms with van der Waals surface area (Å²) in [5.74, 6) is -1.04. The summed E-state index contributed by atoms with van der Waals surface area (Å²) in [6.45, 7) is 3.92. The van der Waals surface area contributed by atoms with Crippen LogP contribution in [0.25, 0.3) is 6.08 Å². The third-order valence-corrected chi connectivity index (χ3v) is 5.79. The summed E-state index contributed by atoms with van der Waals surface area (Å²) in [6.07, 6.45) is 1.40. The molecular weight excluding hydrogens is 475 g/mol. The Morgan fingerprint density at radius 2 is 1.76 bits per heavy atom. The zero-order chi connectivity index (χ0) is 24.4. The second-order valence-electron chi connectivity index (χ2n) is 7.86. The van der Waals surface area contributed by atoms with Crippen molar-refractivity contribution in [2.45, 2.75) is 20.5 Å². The minimum Gasteiger partial charge on any atom is -0.487 e. The topological polar surface area (TPSA) is 75.7 Å². The first-order chi connectivity index (χ1) is 16.2. The van der Waals surface area contributed by atoms with Crippen LogP contribution >= 0.6 is 23.2 Å². The molecule has 4 amide bonds. The molecule has 1 heterocycles. The number of imide groups is 2. The number of barbiturate groups is 1. The monoisotopic (exact) mass is 494 g/mol. The van der Waals surface area contributed by atoms with E-state index in [0.717, 1.165) is 21.6 Å². The molecule has 1 aliphatic heterocycles. The van der Waals surface area contributed by atoms with Crippen molar-refractivity contribution in [3.05, 3.63) is 98.5 Å². The van der Waals surface area contributed by atoms with Gasteiger partial charge in [0.15, 0.2) is 0 Å². The van der Waals surface area contributed by atoms with Crippen molar-refractivity contribution in [1.29, 1.82) is 0 Å². The van der Waals surface area contributed by atoms with Gasteiger partial charge in [-0.15, -0.1) is 0 Å². The molecule has 172 valence electrons. The van der Waals surface area contributed by atoms with Gasteiger partial charge in [-0.1, -0.05) is 53.5 Å². The highest BCUT2D eigenvalue weighted by atomic mass is 35.5. The molecule has 0 aromatic heterocycles. The van der Waals surface area contributed by atoms with Gasteiger partial charge < -0.3 is 4.74 Å². The first kappa shape index (κ1) is 23.5. The summed E-state index contributed by atoms with van der Waals surface area (Å²) in [4.78, 5) is 39.1. The maximum Gasteiger partial charge on any atom is 0.335 e. The predicted molar refractivity (Wildman–Crippen MR) is 132 cm³/mol. The van der Waals surface area contributed by atoms with Gasteiger partial charge in [0.25, 0.3) is 11.8 Å². The molecule has 0 spiro atoms. The van der Waals surface area contributed by atoms with Crippen LogP contribution < -0.4 is 15.0 Å². The Hall–Kier alpha value is -3.61. The van der Waals surface area contributed by atoms with Crippen molar-refractivity contribution in [3.8, 4) is 5.75 Å². The lowest BCUT2D eigenvalue weighted by Crippen LogP contribution is -2.54. The van der Waals surface area contributed by atoms with E-state index in [-0.39, 0.29) is 12.2 Å². The molecule has 1 N–H and O–H groups in total. The Morgan fingerprint density at radius 1 is 0.971 bits per heavy atom. The number of benzene rings is 3. The van der Waals surface area contributed by atoms with Crippen LogP contribution in [-0.2, 0) is 16.2 Å². The Kier molecular flexibility index (Phi) is 6.72. The van der Waals surface area contributed by atoms with E-state index in [0.29, 0.717) is 27.0 Å². The lowest BCUT2D eigenvalue weighted by Gasteiger charge is -2.27. The lowest BCUT2D eigenvalue weighted by atomic mass is 10.0. The summed E-state index contributed by atoms with van der Waals surface area (Å²) in [5, 5.41) is 3.15. The Morgan fingerprint density at radius 3 is 2.50 bits per heavy atom. The SMILES string of the molecule is Cc1ccc(C)c(N2C(=O)NC(=O)/C(=C\c3ccc(OCc4cccc(Cl)c4)c(Cl)c3)C2=O)c1. The minimum atomic E-state index is -0.788. The number of nitrogens with zero attached hydrogens (tertiary/aromatic N) is 1. The second kappa shape index (κ2) is 9.71. The highest BCUT2D eigenvalue weighted by Crippen LogP contribution is 2.29. The van der Waals surface area contributed by atoms with Gasteiger partial charge in [-0.05, 0) is 72.5 Å². The summed E-state index contributed by atoms with van der Waals surface area (Å²) in [7, 11) is 0. The van der Waals surface area contributed by atoms with Crippen LogP contribution in [0.4, 0.5) is 10.5 Å². The smallest absolute Gasteiger partial charge is 0.335 e. The van der Waals surface area contributed by atoms with Crippen LogP contribution in [0.5, 0.6) is 5.75 Å². The van der Waals surface area contributed by atoms with E-state index < -0.39 is 17.8 Å². The van der Waals surface area contributed by atoms with Crippen molar-refractivity contribution >= 4 is 52.8 Å². The number of nitrogens with one attached hydrogen (secondary N) is 1. The molecule has 0 atom stereocenters. The molecule has 0 unspecified atom stereocenters. The van der Waals surface area contributed by atoms with Crippen LogP contribution in [0.3, 0.4) is 0 Å². The summed E-state index contributed by atoms with van der Waals surface area (Å²) in [6, 6.07) is 16.8. The third-order valence-electron chi connectivity index (χ3n) is 5.26. The van der Waals surface area contributed by atoms with Crippen molar-refractivity contribution in [3.63, 3.8) is 0 Å². The molecule has 1 fully saturated rings. The number of rotatable bonds is 5. The van der Waals surface area contributed by atoms with Gasteiger partial charge in [0.2, 0.25) is 0 Å². The lowest BCUT2D eigenvalue weighted by molar-refractivity contribution is -0.122. The maximum atomic E-state index is 13.2. The van der Waals surface area contributed by atoms with Crippen LogP contribution in [0.2, 0.25) is 10.0 Å². The molecule has 0 aliphatic carbocycles. The van der Waals surface area contributed by atoms with E-state index in [4.69, 9.17) is 27.9 Å². The Labute approximate surface area is 206 Å². The molecule has 6 nitrogen and oxygen atoms in total. The number of carbonyl (C=O) groups excluding carboxylic acids is 3. The van der Waals surface area contributed by atoms with Gasteiger partial charge in [0.05, 0.1) is 10.7 Å². The quantitative estimate of drug-likeness (QED) is 0.356. The van der Waals surface area contributed by atoms with Crippen molar-refractivity contribution < 1.29 is 19.1 Å². The standard InChI is InChI=1S/C26H20Cl2N2O4/c1-15-6-7-16(2)22(10-15)30-25(32)20(24(31)29-26(30)33)12-17-8-9-23(21(28)13-17)34-14-18-4-3-5-19(27)11-18/h3-13H,14H2,1-2H3,(H,29,31,33)/b20-12+. The van der Waals surface area contributed by atoms with Gasteiger partial charge in [-0.2, -0.15) is 0 Å². The molecular formula is C26H20Cl2N2O4. The number of urea groups is 1. The molecule has 1 aliphatic rings. The molecule has 3 aromatic rings. The van der Waals surface area contributed by atoms with Gasteiger partial charge in [0.1, 0.15) is 17.9 Å². The van der Waals surface area contributed by atoms with Crippen LogP contribution in [0, 0.1) is 13.8 Å². The van der Waals surface area contributed by atoms with Crippen LogP contribution in [0.15, 0.2) is 66.2 Å². The second-order valence-corrected chi connectivity index (χ2v) is 8.70. The zero-order valence-corrected chi connectivity index (χ0v) is 19.9. The maximum absolute atomic E-state index is 13.2. The summed E-state index contributed by atoms with van der Waals surface area (Å²) in [5.41, 5.74) is 3.24. The normalized spacial score (nSPS) is 15.0. The summed E-state index contributed by atoms with van der Waals surface area (Å²) >= 11 is 12.4. The van der Waals surface area contributed by atoms with E-state index in [1.807, 2.05) is 31.2 Å². The van der Waals surface area contributed by atoms with Gasteiger partial charge >= 0.3 is 6.03 Å². The number of halogens is 2. The molecule has 8 heteroatoms. The molecule has 3 aromatic carbocycles. The molecule has 1 saturated heterocycles. The van der Waals surface area contributed by atoms with Crippen molar-refractivity contribution in [2.75, 3.05) is 4.90 Å². The van der Waals surface area contributed by atoms with Gasteiger partial charge in [-0.25, -0.2) is 9.69 Å². The highest BCUT2D eigenvalue weighted by Gasteiger charge is 2.37. The first-order valence-electron chi connectivity index (χ1n) is 10.4. The predicted octanol–water partition coefficient (Wildman–Crippen LogP) is 5.86. The average Bonchev–Trinajstić information content (AvgIpc) is 2.78. The molecule has 4 rings (SSSR count). The van der Waals surface area contributed by atoms with Crippen LogP contribution in [0.1, 0.15) is 22.3 Å². The summed E-state index contributed by atoms with van der Waals surface area (Å²) < 4.78 is 5.77. The fourth-order valence-corrected chi connectivity index (χ4v) is 3.97. The van der Waals surface area contributed by atoms with Gasteiger partial charge in [0, 0.05) is 5.02 Å². The number of anilines is 1. The largest absolute Gasteiger partial charge is 0.487 e. The molecule has 34 heavy (non-hydrogen) atoms. The molecule has 0 radical (unpaired) electrons. The average molecular weight is 495 g/mol. The van der Waals surface area contributed by atoms with E-state index in [9.17, 15) is 14.4 Å². The number of ether oxygens (including phenoxy) is 1. The number of amides is 4. The Bertz CT molecular complexity index is 1350. The van der Waals surface area contributed by atoms with E-state index in [1.54, 1.807) is 43.3 Å². The van der Waals surface area contributed by atoms with Crippen molar-refractivity contribution in [2.24, 2.45) is 0 Å².